The lowest BCUT2D eigenvalue weighted by atomic mass is 10.3. The van der Waals surface area contributed by atoms with E-state index < -0.39 is 15.4 Å². The van der Waals surface area contributed by atoms with Gasteiger partial charge in [-0.3, -0.25) is 9.55 Å². The smallest absolute Gasteiger partial charge is 0.328 e. The Kier molecular flexibility index (Phi) is 3.17. The van der Waals surface area contributed by atoms with Gasteiger partial charge in [0.05, 0.1) is 6.54 Å². The summed E-state index contributed by atoms with van der Waals surface area (Å²) in [6, 6.07) is 3.57. The molecule has 0 aliphatic heterocycles. The minimum absolute atomic E-state index is 0.0103. The number of nitrogen functional groups attached to an aromatic ring is 1. The van der Waals surface area contributed by atoms with Gasteiger partial charge >= 0.3 is 5.69 Å². The minimum atomic E-state index is -3.14. The molecule has 0 aromatic carbocycles. The zero-order valence-electron chi connectivity index (χ0n) is 11.6. The Bertz CT molecular complexity index is 1010. The van der Waals surface area contributed by atoms with Gasteiger partial charge in [-0.05, 0) is 11.6 Å². The predicted octanol–water partition coefficient (Wildman–Crippen LogP) is 0.181. The summed E-state index contributed by atoms with van der Waals surface area (Å²) < 4.78 is 20.8. The number of rotatable bonds is 3. The molecule has 0 aliphatic carbocycles. The lowest BCUT2D eigenvalue weighted by Crippen LogP contribution is -2.18. The number of aromatic nitrogens is 5. The summed E-state index contributed by atoms with van der Waals surface area (Å²) in [4.78, 5) is 26.6. The molecule has 114 valence electrons. The maximum atomic E-state index is 12.1. The fraction of sp³-hybridized carbons (Fsp3) is 0.167. The van der Waals surface area contributed by atoms with E-state index in [-0.39, 0.29) is 28.7 Å². The second-order valence-corrected chi connectivity index (χ2v) is 6.86. The summed E-state index contributed by atoms with van der Waals surface area (Å²) in [7, 11) is -3.14. The maximum Gasteiger partial charge on any atom is 0.328 e. The fourth-order valence-electron chi connectivity index (χ4n) is 2.03. The zero-order valence-corrected chi connectivity index (χ0v) is 12.4. The van der Waals surface area contributed by atoms with Gasteiger partial charge in [0.2, 0.25) is 5.16 Å². The van der Waals surface area contributed by atoms with Gasteiger partial charge in [-0.15, -0.1) is 0 Å². The fourth-order valence-corrected chi connectivity index (χ4v) is 2.56. The van der Waals surface area contributed by atoms with Gasteiger partial charge in [0.1, 0.15) is 15.2 Å². The minimum Gasteiger partial charge on any atom is -0.382 e. The third-order valence-corrected chi connectivity index (χ3v) is 3.92. The van der Waals surface area contributed by atoms with E-state index >= 15 is 0 Å². The van der Waals surface area contributed by atoms with Crippen LogP contribution in [0.15, 0.2) is 34.5 Å². The molecular weight excluding hydrogens is 306 g/mol. The predicted molar refractivity (Wildman–Crippen MR) is 81.0 cm³/mol. The molecule has 0 amide bonds. The quantitative estimate of drug-likeness (QED) is 0.587. The number of hydrogen-bond donors (Lipinski definition) is 3. The van der Waals surface area contributed by atoms with Crippen LogP contribution in [0.2, 0.25) is 0 Å². The maximum absolute atomic E-state index is 12.1. The average Bonchev–Trinajstić information content (AvgIpc) is 2.77. The molecule has 1 atom stereocenters. The van der Waals surface area contributed by atoms with Gasteiger partial charge in [0.25, 0.3) is 0 Å². The van der Waals surface area contributed by atoms with Crippen molar-refractivity contribution in [3.63, 3.8) is 0 Å². The largest absolute Gasteiger partial charge is 0.382 e. The van der Waals surface area contributed by atoms with E-state index in [0.29, 0.717) is 0 Å². The summed E-state index contributed by atoms with van der Waals surface area (Å²) in [5.41, 5.74) is 6.65. The van der Waals surface area contributed by atoms with Crippen LogP contribution in [0.3, 0.4) is 0 Å². The van der Waals surface area contributed by atoms with Crippen LogP contribution in [-0.2, 0) is 16.3 Å². The highest BCUT2D eigenvalue weighted by atomic mass is 32.2. The lowest BCUT2D eigenvalue weighted by molar-refractivity contribution is 0.671. The highest BCUT2D eigenvalue weighted by Gasteiger charge is 2.17. The molecule has 9 nitrogen and oxygen atoms in total. The number of aromatic amines is 1. The van der Waals surface area contributed by atoms with Crippen LogP contribution in [-0.4, -0.2) is 35.0 Å². The van der Waals surface area contributed by atoms with Crippen LogP contribution in [0.1, 0.15) is 5.56 Å². The van der Waals surface area contributed by atoms with Crippen molar-refractivity contribution in [3.8, 4) is 0 Å². The van der Waals surface area contributed by atoms with Gasteiger partial charge in [0.15, 0.2) is 11.5 Å². The number of hydrogen-bond acceptors (Lipinski definition) is 7. The Morgan fingerprint density at radius 2 is 2.23 bits per heavy atom. The molecule has 4 N–H and O–H groups in total. The van der Waals surface area contributed by atoms with Gasteiger partial charge in [-0.25, -0.2) is 18.8 Å². The first-order chi connectivity index (χ1) is 10.4. The van der Waals surface area contributed by atoms with Crippen molar-refractivity contribution in [1.82, 2.24) is 24.5 Å². The second kappa shape index (κ2) is 4.91. The first-order valence-electron chi connectivity index (χ1n) is 6.25. The SMILES string of the molecule is C[S@](=N)(=O)c1nc(N)c2[nH]c(=O)n(Cc3cccnc3)c2n1. The third kappa shape index (κ3) is 2.44. The molecule has 0 saturated carbocycles. The molecule has 3 aromatic heterocycles. The van der Waals surface area contributed by atoms with E-state index in [1.807, 2.05) is 6.07 Å². The van der Waals surface area contributed by atoms with Gasteiger partial charge in [-0.2, -0.15) is 4.98 Å². The van der Waals surface area contributed by atoms with Crippen molar-refractivity contribution in [3.05, 3.63) is 40.6 Å². The number of H-pyrrole nitrogens is 1. The molecule has 0 spiro atoms. The highest BCUT2D eigenvalue weighted by Crippen LogP contribution is 2.17. The Labute approximate surface area is 125 Å². The van der Waals surface area contributed by atoms with Gasteiger partial charge in [-0.1, -0.05) is 6.07 Å². The Morgan fingerprint density at radius 3 is 2.86 bits per heavy atom. The van der Waals surface area contributed by atoms with Crippen molar-refractivity contribution >= 4 is 26.7 Å². The molecule has 3 rings (SSSR count). The summed E-state index contributed by atoms with van der Waals surface area (Å²) in [5.74, 6) is -0.0103. The van der Waals surface area contributed by atoms with Crippen LogP contribution in [0.4, 0.5) is 5.82 Å². The van der Waals surface area contributed by atoms with Crippen molar-refractivity contribution in [2.24, 2.45) is 0 Å². The molecule has 0 radical (unpaired) electrons. The van der Waals surface area contributed by atoms with Crippen LogP contribution >= 0.6 is 0 Å². The summed E-state index contributed by atoms with van der Waals surface area (Å²) in [6.07, 6.45) is 4.46. The Hall–Kier alpha value is -2.75. The average molecular weight is 319 g/mol. The number of nitrogens with one attached hydrogen (secondary N) is 2. The standard InChI is InChI=1S/C12H13N7O2S/c1-22(14,21)11-17-9(13)8-10(18-11)19(12(20)16-8)6-7-3-2-4-15-5-7/h2-5,14H,6H2,1H3,(H,16,20)(H2,13,17,18)/t22-/m0/s1. The summed E-state index contributed by atoms with van der Waals surface area (Å²) in [6.45, 7) is 0.228. The normalized spacial score (nSPS) is 14.0. The molecule has 0 fully saturated rings. The molecule has 0 unspecified atom stereocenters. The van der Waals surface area contributed by atoms with Gasteiger partial charge in [0, 0.05) is 18.6 Å². The lowest BCUT2D eigenvalue weighted by Gasteiger charge is -2.05. The van der Waals surface area contributed by atoms with Crippen molar-refractivity contribution in [2.45, 2.75) is 11.7 Å². The van der Waals surface area contributed by atoms with E-state index in [9.17, 15) is 9.00 Å². The summed E-state index contributed by atoms with van der Waals surface area (Å²) >= 11 is 0. The Balaban J connectivity index is 2.24. The molecule has 0 bridgehead atoms. The number of anilines is 1. The number of nitrogens with two attached hydrogens (primary N) is 1. The first-order valence-corrected chi connectivity index (χ1v) is 8.21. The molecule has 10 heteroatoms. The summed E-state index contributed by atoms with van der Waals surface area (Å²) in [5, 5.41) is -0.198. The van der Waals surface area contributed by atoms with Crippen molar-refractivity contribution < 1.29 is 4.21 Å². The number of nitrogens with zero attached hydrogens (tertiary/aromatic N) is 4. The molecule has 3 aromatic rings. The number of imidazole rings is 1. The van der Waals surface area contributed by atoms with E-state index in [4.69, 9.17) is 10.5 Å². The van der Waals surface area contributed by atoms with Gasteiger partial charge < -0.3 is 10.7 Å². The van der Waals surface area contributed by atoms with Crippen LogP contribution in [0.5, 0.6) is 0 Å². The van der Waals surface area contributed by atoms with E-state index in [2.05, 4.69) is 19.9 Å². The topological polar surface area (TPSA) is 143 Å². The highest BCUT2D eigenvalue weighted by molar-refractivity contribution is 7.91. The van der Waals surface area contributed by atoms with Crippen LogP contribution < -0.4 is 11.4 Å². The zero-order chi connectivity index (χ0) is 15.9. The Morgan fingerprint density at radius 1 is 1.45 bits per heavy atom. The first kappa shape index (κ1) is 14.2. The number of fused-ring (bicyclic) bond motifs is 1. The molecule has 3 heterocycles. The molecule has 0 saturated heterocycles. The van der Waals surface area contributed by atoms with Crippen LogP contribution in [0, 0.1) is 4.78 Å². The van der Waals surface area contributed by atoms with Crippen LogP contribution in [0.25, 0.3) is 11.2 Å². The monoisotopic (exact) mass is 319 g/mol. The third-order valence-electron chi connectivity index (χ3n) is 3.04. The second-order valence-electron chi connectivity index (χ2n) is 4.81. The molecular formula is C12H13N7O2S. The molecule has 22 heavy (non-hydrogen) atoms. The van der Waals surface area contributed by atoms with E-state index in [0.717, 1.165) is 5.56 Å². The van der Waals surface area contributed by atoms with Crippen molar-refractivity contribution in [1.29, 1.82) is 4.78 Å². The van der Waals surface area contributed by atoms with E-state index in [1.165, 1.54) is 10.8 Å². The number of pyridine rings is 1. The van der Waals surface area contributed by atoms with Crippen molar-refractivity contribution in [2.75, 3.05) is 12.0 Å². The van der Waals surface area contributed by atoms with E-state index in [1.54, 1.807) is 18.5 Å². The molecule has 0 aliphatic rings.